The van der Waals surface area contributed by atoms with Gasteiger partial charge in [-0.25, -0.2) is 4.79 Å². The molecule has 1 atom stereocenters. The summed E-state index contributed by atoms with van der Waals surface area (Å²) in [5, 5.41) is 2.64. The van der Waals surface area contributed by atoms with Crippen LogP contribution < -0.4 is 11.1 Å². The highest BCUT2D eigenvalue weighted by Gasteiger charge is 2.48. The smallest absolute Gasteiger partial charge is 0.372 e. The highest BCUT2D eigenvalue weighted by Crippen LogP contribution is 2.16. The minimum atomic E-state index is -2.94. The molecule has 0 aromatic carbocycles. The van der Waals surface area contributed by atoms with Gasteiger partial charge in [0.1, 0.15) is 0 Å². The molecule has 6 nitrogen and oxygen atoms in total. The first-order valence-electron chi connectivity index (χ1n) is 7.00. The van der Waals surface area contributed by atoms with Gasteiger partial charge in [-0.15, -0.1) is 0 Å². The molecule has 0 bridgehead atoms. The average Bonchev–Trinajstić information content (AvgIpc) is 2.37. The van der Waals surface area contributed by atoms with Crippen molar-refractivity contribution in [2.24, 2.45) is 5.73 Å². The molecule has 0 aliphatic carbocycles. The summed E-state index contributed by atoms with van der Waals surface area (Å²) in [7, 11) is -2.94. The van der Waals surface area contributed by atoms with E-state index in [9.17, 15) is 4.79 Å². The van der Waals surface area contributed by atoms with Gasteiger partial charge in [0.25, 0.3) is 0 Å². The van der Waals surface area contributed by atoms with Crippen molar-refractivity contribution in [3.8, 4) is 0 Å². The van der Waals surface area contributed by atoms with E-state index in [0.29, 0.717) is 19.8 Å². The fourth-order valence-corrected chi connectivity index (χ4v) is 4.32. The minimum Gasteiger partial charge on any atom is -0.372 e. The molecule has 7 heteroatoms. The number of hydrogen-bond donors (Lipinski definition) is 2. The first-order valence-corrected chi connectivity index (χ1v) is 8.80. The summed E-state index contributed by atoms with van der Waals surface area (Å²) in [5.41, 5.74) is 4.83. The summed E-state index contributed by atoms with van der Waals surface area (Å²) < 4.78 is 17.6. The highest BCUT2D eigenvalue weighted by molar-refractivity contribution is 6.62. The predicted octanol–water partition coefficient (Wildman–Crippen LogP) is 1.80. The van der Waals surface area contributed by atoms with Crippen LogP contribution >= 0.6 is 0 Å². The number of nitrogens with two attached hydrogens (primary N) is 1. The summed E-state index contributed by atoms with van der Waals surface area (Å²) in [6.45, 7) is 9.51. The quantitative estimate of drug-likeness (QED) is 0.569. The van der Waals surface area contributed by atoms with E-state index in [0.717, 1.165) is 19.3 Å². The maximum atomic E-state index is 11.0. The molecule has 0 saturated carbocycles. The van der Waals surface area contributed by atoms with Crippen molar-refractivity contribution in [2.45, 2.75) is 52.6 Å². The molecule has 0 aromatic heterocycles. The number of carbonyl (C=O) groups is 1. The lowest BCUT2D eigenvalue weighted by Gasteiger charge is -2.34. The van der Waals surface area contributed by atoms with Crippen molar-refractivity contribution in [1.82, 2.24) is 5.32 Å². The largest absolute Gasteiger partial charge is 0.524 e. The molecular weight excluding hydrogens is 264 g/mol. The maximum absolute atomic E-state index is 11.0. The van der Waals surface area contributed by atoms with Crippen molar-refractivity contribution >= 4 is 14.8 Å². The molecule has 0 radical (unpaired) electrons. The van der Waals surface area contributed by atoms with Crippen molar-refractivity contribution in [3.63, 3.8) is 0 Å². The van der Waals surface area contributed by atoms with E-state index in [1.54, 1.807) is 0 Å². The van der Waals surface area contributed by atoms with Gasteiger partial charge < -0.3 is 24.3 Å². The fraction of sp³-hybridized carbons (Fsp3) is 0.917. The third kappa shape index (κ3) is 6.91. The number of primary amides is 1. The van der Waals surface area contributed by atoms with Gasteiger partial charge in [-0.3, -0.25) is 0 Å². The van der Waals surface area contributed by atoms with Crippen LogP contribution in [0.25, 0.3) is 0 Å². The Bertz CT molecular complexity index is 232. The zero-order valence-electron chi connectivity index (χ0n) is 12.5. The molecule has 0 fully saturated rings. The van der Waals surface area contributed by atoms with Crippen LogP contribution in [0.2, 0.25) is 0 Å². The standard InChI is InChI=1S/C12H28N2O4Si/c1-5-8-16-19(17-9-6-2,18-10-7-3)11(4)14-12(13)15/h11H,5-10H2,1-4H3,(H3,13,14,15). The number of nitrogens with one attached hydrogen (secondary N) is 1. The monoisotopic (exact) mass is 292 g/mol. The van der Waals surface area contributed by atoms with Crippen molar-refractivity contribution in [3.05, 3.63) is 0 Å². The second-order valence-corrected chi connectivity index (χ2v) is 7.32. The van der Waals surface area contributed by atoms with Crippen LogP contribution in [-0.2, 0) is 13.3 Å². The van der Waals surface area contributed by atoms with E-state index < -0.39 is 14.8 Å². The highest BCUT2D eigenvalue weighted by atomic mass is 28.4. The molecule has 0 aliphatic heterocycles. The van der Waals surface area contributed by atoms with Crippen molar-refractivity contribution in [2.75, 3.05) is 19.8 Å². The lowest BCUT2D eigenvalue weighted by Crippen LogP contribution is -2.62. The Morgan fingerprint density at radius 1 is 1.05 bits per heavy atom. The molecule has 1 unspecified atom stereocenters. The van der Waals surface area contributed by atoms with E-state index >= 15 is 0 Å². The summed E-state index contributed by atoms with van der Waals surface area (Å²) in [5.74, 6) is 0. The van der Waals surface area contributed by atoms with E-state index in [4.69, 9.17) is 19.0 Å². The Morgan fingerprint density at radius 3 is 1.68 bits per heavy atom. The number of rotatable bonds is 11. The van der Waals surface area contributed by atoms with E-state index in [1.165, 1.54) is 0 Å². The van der Waals surface area contributed by atoms with Crippen molar-refractivity contribution in [1.29, 1.82) is 0 Å². The molecule has 0 aliphatic rings. The van der Waals surface area contributed by atoms with E-state index in [-0.39, 0.29) is 5.67 Å². The number of carbonyl (C=O) groups excluding carboxylic acids is 1. The Hall–Kier alpha value is -0.633. The first kappa shape index (κ1) is 18.4. The number of hydrogen-bond acceptors (Lipinski definition) is 4. The van der Waals surface area contributed by atoms with Gasteiger partial charge in [-0.05, 0) is 26.2 Å². The third-order valence-electron chi connectivity index (χ3n) is 2.41. The van der Waals surface area contributed by atoms with Gasteiger partial charge in [0.15, 0.2) is 0 Å². The van der Waals surface area contributed by atoms with Crippen molar-refractivity contribution < 1.29 is 18.1 Å². The molecule has 0 saturated heterocycles. The summed E-state index contributed by atoms with van der Waals surface area (Å²) in [6, 6.07) is -0.593. The lowest BCUT2D eigenvalue weighted by molar-refractivity contribution is 0.0495. The van der Waals surface area contributed by atoms with E-state index in [2.05, 4.69) is 5.32 Å². The Balaban J connectivity index is 4.89. The van der Waals surface area contributed by atoms with Crippen LogP contribution in [0.4, 0.5) is 4.79 Å². The summed E-state index contributed by atoms with van der Waals surface area (Å²) in [6.07, 6.45) is 2.59. The first-order chi connectivity index (χ1) is 9.02. The van der Waals surface area contributed by atoms with Gasteiger partial charge in [0, 0.05) is 19.8 Å². The number of amides is 2. The molecule has 0 spiro atoms. The zero-order chi connectivity index (χ0) is 14.7. The third-order valence-corrected chi connectivity index (χ3v) is 5.44. The van der Waals surface area contributed by atoms with Gasteiger partial charge in [0.05, 0.1) is 5.67 Å². The van der Waals surface area contributed by atoms with Crippen LogP contribution in [0, 0.1) is 0 Å². The SMILES string of the molecule is CCCO[Si](OCCC)(OCCC)C(C)NC(N)=O. The predicted molar refractivity (Wildman–Crippen MR) is 76.7 cm³/mol. The molecule has 19 heavy (non-hydrogen) atoms. The Morgan fingerprint density at radius 2 is 1.42 bits per heavy atom. The molecule has 0 rings (SSSR count). The van der Waals surface area contributed by atoms with Crippen LogP contribution in [0.5, 0.6) is 0 Å². The molecule has 3 N–H and O–H groups in total. The Kier molecular flexibility index (Phi) is 9.85. The molecule has 2 amide bonds. The molecule has 0 heterocycles. The van der Waals surface area contributed by atoms with Crippen LogP contribution in [0.15, 0.2) is 0 Å². The number of urea groups is 1. The average molecular weight is 292 g/mol. The minimum absolute atomic E-state index is 0.352. The van der Waals surface area contributed by atoms with Crippen LogP contribution in [0.1, 0.15) is 47.0 Å². The summed E-state index contributed by atoms with van der Waals surface area (Å²) >= 11 is 0. The van der Waals surface area contributed by atoms with Gasteiger partial charge in [-0.2, -0.15) is 0 Å². The maximum Gasteiger partial charge on any atom is 0.524 e. The topological polar surface area (TPSA) is 82.8 Å². The van der Waals surface area contributed by atoms with Gasteiger partial charge in [-0.1, -0.05) is 20.8 Å². The second kappa shape index (κ2) is 10.2. The normalized spacial score (nSPS) is 13.3. The second-order valence-electron chi connectivity index (χ2n) is 4.38. The lowest BCUT2D eigenvalue weighted by atomic mass is 10.5. The molecular formula is C12H28N2O4Si. The van der Waals surface area contributed by atoms with Crippen LogP contribution in [-0.4, -0.2) is 40.3 Å². The zero-order valence-corrected chi connectivity index (χ0v) is 13.5. The summed E-state index contributed by atoms with van der Waals surface area (Å²) in [4.78, 5) is 11.0. The van der Waals surface area contributed by atoms with Gasteiger partial charge >= 0.3 is 14.8 Å². The van der Waals surface area contributed by atoms with Gasteiger partial charge in [0.2, 0.25) is 0 Å². The Labute approximate surface area is 117 Å². The molecule has 114 valence electrons. The fourth-order valence-electron chi connectivity index (χ4n) is 1.53. The molecule has 0 aromatic rings. The van der Waals surface area contributed by atoms with Crippen LogP contribution in [0.3, 0.4) is 0 Å². The van der Waals surface area contributed by atoms with E-state index in [1.807, 2.05) is 27.7 Å².